The van der Waals surface area contributed by atoms with Gasteiger partial charge >= 0.3 is 0 Å². The Morgan fingerprint density at radius 2 is 1.92 bits per heavy atom. The van der Waals surface area contributed by atoms with E-state index in [1.807, 2.05) is 30.3 Å². The molecule has 0 aromatic heterocycles. The minimum absolute atomic E-state index is 0.0597. The van der Waals surface area contributed by atoms with Gasteiger partial charge in [-0.1, -0.05) is 36.9 Å². The minimum atomic E-state index is -0.267. The molecule has 4 N–H and O–H groups in total. The summed E-state index contributed by atoms with van der Waals surface area (Å²) >= 11 is 0. The molecule has 0 saturated heterocycles. The molecule has 132 valence electrons. The van der Waals surface area contributed by atoms with E-state index in [-0.39, 0.29) is 29.9 Å². The summed E-state index contributed by atoms with van der Waals surface area (Å²) in [6.45, 7) is 5.78. The van der Waals surface area contributed by atoms with Gasteiger partial charge in [-0.3, -0.25) is 9.59 Å². The van der Waals surface area contributed by atoms with Crippen molar-refractivity contribution in [3.05, 3.63) is 48.3 Å². The molecule has 0 heterocycles. The van der Waals surface area contributed by atoms with Gasteiger partial charge in [0.15, 0.2) is 5.78 Å². The number of carbonyl (C=O) groups is 2. The Balaban J connectivity index is 2.55. The number of nitrogens with one attached hydrogen (secondary N) is 2. The van der Waals surface area contributed by atoms with Crippen LogP contribution in [0.4, 0.5) is 0 Å². The van der Waals surface area contributed by atoms with Gasteiger partial charge in [-0.15, -0.1) is 0 Å². The van der Waals surface area contributed by atoms with Gasteiger partial charge in [0.05, 0.1) is 11.9 Å². The number of hydrogen-bond acceptors (Lipinski definition) is 5. The fourth-order valence-electron chi connectivity index (χ4n) is 2.66. The van der Waals surface area contributed by atoms with Gasteiger partial charge in [-0.25, -0.2) is 0 Å². The smallest absolute Gasteiger partial charge is 0.150 e. The van der Waals surface area contributed by atoms with Crippen molar-refractivity contribution in [3.63, 3.8) is 0 Å². The van der Waals surface area contributed by atoms with E-state index in [9.17, 15) is 9.59 Å². The Labute approximate surface area is 144 Å². The topological polar surface area (TPSA) is 84.2 Å². The summed E-state index contributed by atoms with van der Waals surface area (Å²) in [4.78, 5) is 24.4. The lowest BCUT2D eigenvalue weighted by Crippen LogP contribution is -2.37. The minimum Gasteiger partial charge on any atom is -0.386 e. The van der Waals surface area contributed by atoms with Crippen LogP contribution in [0.3, 0.4) is 0 Å². The van der Waals surface area contributed by atoms with Crippen LogP contribution in [0.5, 0.6) is 0 Å². The van der Waals surface area contributed by atoms with Gasteiger partial charge in [0, 0.05) is 18.9 Å². The molecule has 0 spiro atoms. The van der Waals surface area contributed by atoms with E-state index in [1.165, 1.54) is 0 Å². The number of Topliss-reactive ketones (excluding diaryl/α,β-unsaturated/α-hetero) is 2. The maximum Gasteiger partial charge on any atom is 0.150 e. The second-order valence-corrected chi connectivity index (χ2v) is 6.10. The lowest BCUT2D eigenvalue weighted by Gasteiger charge is -2.19. The van der Waals surface area contributed by atoms with Gasteiger partial charge in [0.25, 0.3) is 0 Å². The van der Waals surface area contributed by atoms with E-state index in [4.69, 9.17) is 5.73 Å². The van der Waals surface area contributed by atoms with Crippen molar-refractivity contribution in [1.82, 2.24) is 10.6 Å². The number of benzene rings is 1. The molecule has 5 heteroatoms. The first-order valence-electron chi connectivity index (χ1n) is 8.36. The SMILES string of the molecule is C=C(N)NCCC[C@H](CC(=O)[C@H](Cc1ccccc1)NC)C(C)=O. The van der Waals surface area contributed by atoms with Gasteiger partial charge < -0.3 is 16.4 Å². The summed E-state index contributed by atoms with van der Waals surface area (Å²) in [7, 11) is 1.78. The van der Waals surface area contributed by atoms with Crippen molar-refractivity contribution >= 4 is 11.6 Å². The predicted molar refractivity (Wildman–Crippen MR) is 97.4 cm³/mol. The lowest BCUT2D eigenvalue weighted by atomic mass is 9.89. The summed E-state index contributed by atoms with van der Waals surface area (Å²) in [5.74, 6) is 0.322. The maximum atomic E-state index is 12.6. The largest absolute Gasteiger partial charge is 0.386 e. The van der Waals surface area contributed by atoms with E-state index in [0.717, 1.165) is 12.0 Å². The summed E-state index contributed by atoms with van der Waals surface area (Å²) in [5, 5.41) is 6.01. The van der Waals surface area contributed by atoms with Gasteiger partial charge in [-0.2, -0.15) is 0 Å². The fraction of sp³-hybridized carbons (Fsp3) is 0.474. The van der Waals surface area contributed by atoms with Crippen molar-refractivity contribution in [2.24, 2.45) is 11.7 Å². The maximum absolute atomic E-state index is 12.6. The molecule has 1 aromatic carbocycles. The number of nitrogens with two attached hydrogens (primary N) is 1. The molecular formula is C19H29N3O2. The van der Waals surface area contributed by atoms with Crippen LogP contribution in [-0.4, -0.2) is 31.2 Å². The van der Waals surface area contributed by atoms with Crippen LogP contribution in [0.2, 0.25) is 0 Å². The first-order valence-corrected chi connectivity index (χ1v) is 8.36. The molecule has 0 fully saturated rings. The number of likely N-dealkylation sites (N-methyl/N-ethyl adjacent to an activating group) is 1. The van der Waals surface area contributed by atoms with Crippen molar-refractivity contribution < 1.29 is 9.59 Å². The highest BCUT2D eigenvalue weighted by Gasteiger charge is 2.23. The number of ketones is 2. The summed E-state index contributed by atoms with van der Waals surface area (Å²) < 4.78 is 0. The molecule has 0 aliphatic rings. The van der Waals surface area contributed by atoms with Gasteiger partial charge in [0.2, 0.25) is 0 Å². The number of hydrogen-bond donors (Lipinski definition) is 3. The Hall–Kier alpha value is -2.14. The zero-order chi connectivity index (χ0) is 17.9. The van der Waals surface area contributed by atoms with Gasteiger partial charge in [-0.05, 0) is 38.8 Å². The molecule has 5 nitrogen and oxygen atoms in total. The van der Waals surface area contributed by atoms with Crippen molar-refractivity contribution in [3.8, 4) is 0 Å². The summed E-state index contributed by atoms with van der Waals surface area (Å²) in [5.41, 5.74) is 6.55. The van der Waals surface area contributed by atoms with E-state index < -0.39 is 0 Å². The number of rotatable bonds is 12. The van der Waals surface area contributed by atoms with Crippen LogP contribution in [0.1, 0.15) is 31.7 Å². The molecule has 0 bridgehead atoms. The molecule has 0 radical (unpaired) electrons. The van der Waals surface area contributed by atoms with Crippen LogP contribution in [0.25, 0.3) is 0 Å². The highest BCUT2D eigenvalue weighted by molar-refractivity contribution is 5.89. The summed E-state index contributed by atoms with van der Waals surface area (Å²) in [6, 6.07) is 9.62. The lowest BCUT2D eigenvalue weighted by molar-refractivity contribution is -0.128. The van der Waals surface area contributed by atoms with Crippen LogP contribution >= 0.6 is 0 Å². The van der Waals surface area contributed by atoms with E-state index in [0.29, 0.717) is 25.2 Å². The van der Waals surface area contributed by atoms with E-state index >= 15 is 0 Å². The second-order valence-electron chi connectivity index (χ2n) is 6.10. The molecular weight excluding hydrogens is 302 g/mol. The normalized spacial score (nSPS) is 13.1. The molecule has 1 rings (SSSR count). The molecule has 24 heavy (non-hydrogen) atoms. The summed E-state index contributed by atoms with van der Waals surface area (Å²) in [6.07, 6.45) is 2.35. The standard InChI is InChI=1S/C19H29N3O2/c1-14(23)17(10-7-11-22-15(2)20)13-19(24)18(21-3)12-16-8-5-4-6-9-16/h4-6,8-9,17-18,21-22H,2,7,10-13,20H2,1,3H3/t17-,18+/m1/s1. The van der Waals surface area contributed by atoms with E-state index in [2.05, 4.69) is 17.2 Å². The first-order chi connectivity index (χ1) is 11.4. The molecule has 0 aliphatic heterocycles. The third kappa shape index (κ3) is 7.42. The quantitative estimate of drug-likeness (QED) is 0.509. The highest BCUT2D eigenvalue weighted by atomic mass is 16.1. The van der Waals surface area contributed by atoms with Crippen LogP contribution in [-0.2, 0) is 16.0 Å². The zero-order valence-corrected chi connectivity index (χ0v) is 14.7. The molecule has 0 aliphatic carbocycles. The second kappa shape index (κ2) is 10.6. The van der Waals surface area contributed by atoms with Crippen molar-refractivity contribution in [2.45, 2.75) is 38.6 Å². The Kier molecular flexibility index (Phi) is 8.79. The van der Waals surface area contributed by atoms with Crippen LogP contribution in [0.15, 0.2) is 42.7 Å². The third-order valence-electron chi connectivity index (χ3n) is 4.12. The van der Waals surface area contributed by atoms with Crippen LogP contribution < -0.4 is 16.4 Å². The van der Waals surface area contributed by atoms with Gasteiger partial charge in [0.1, 0.15) is 5.78 Å². The highest BCUT2D eigenvalue weighted by Crippen LogP contribution is 2.15. The Morgan fingerprint density at radius 3 is 2.46 bits per heavy atom. The number of carbonyl (C=O) groups excluding carboxylic acids is 2. The van der Waals surface area contributed by atoms with E-state index in [1.54, 1.807) is 14.0 Å². The third-order valence-corrected chi connectivity index (χ3v) is 4.12. The van der Waals surface area contributed by atoms with Crippen molar-refractivity contribution in [2.75, 3.05) is 13.6 Å². The zero-order valence-electron chi connectivity index (χ0n) is 14.7. The van der Waals surface area contributed by atoms with Crippen molar-refractivity contribution in [1.29, 1.82) is 0 Å². The Morgan fingerprint density at radius 1 is 1.25 bits per heavy atom. The fourth-order valence-corrected chi connectivity index (χ4v) is 2.66. The first kappa shape index (κ1) is 19.9. The monoisotopic (exact) mass is 331 g/mol. The van der Waals surface area contributed by atoms with Crippen LogP contribution in [0, 0.1) is 5.92 Å². The average molecular weight is 331 g/mol. The molecule has 2 atom stereocenters. The molecule has 1 aromatic rings. The molecule has 0 amide bonds. The molecule has 0 unspecified atom stereocenters. The molecule has 0 saturated carbocycles. The average Bonchev–Trinajstić information content (AvgIpc) is 2.55. The predicted octanol–water partition coefficient (Wildman–Crippen LogP) is 1.78. The Bertz CT molecular complexity index is 543.